The highest BCUT2D eigenvalue weighted by atomic mass is 16.5. The van der Waals surface area contributed by atoms with Crippen molar-refractivity contribution in [2.24, 2.45) is 5.92 Å². The van der Waals surface area contributed by atoms with Gasteiger partial charge in [0.05, 0.1) is 0 Å². The maximum Gasteiger partial charge on any atom is 0.269 e. The summed E-state index contributed by atoms with van der Waals surface area (Å²) in [6, 6.07) is 16.0. The zero-order valence-corrected chi connectivity index (χ0v) is 22.0. The molecule has 4 aliphatic rings. The SMILES string of the molecule is CC(C1CC1)N(Cc1ccccc1)C(=O)CN1COC2(C(=O)Cc3cc(CN4CCNCC4)ccc32)C1=O. The van der Waals surface area contributed by atoms with Crippen LogP contribution in [0.5, 0.6) is 0 Å². The Balaban J connectivity index is 1.18. The summed E-state index contributed by atoms with van der Waals surface area (Å²) < 4.78 is 6.01. The zero-order valence-electron chi connectivity index (χ0n) is 22.0. The summed E-state index contributed by atoms with van der Waals surface area (Å²) in [7, 11) is 0. The predicted octanol–water partition coefficient (Wildman–Crippen LogP) is 2.06. The predicted molar refractivity (Wildman–Crippen MR) is 142 cm³/mol. The Morgan fingerprint density at radius 1 is 1.11 bits per heavy atom. The number of hydrogen-bond acceptors (Lipinski definition) is 6. The van der Waals surface area contributed by atoms with Gasteiger partial charge in [0.2, 0.25) is 11.5 Å². The fraction of sp³-hybridized carbons (Fsp3) is 0.500. The van der Waals surface area contributed by atoms with Gasteiger partial charge in [0.25, 0.3) is 5.91 Å². The van der Waals surface area contributed by atoms with Gasteiger partial charge in [-0.3, -0.25) is 19.3 Å². The van der Waals surface area contributed by atoms with Crippen LogP contribution < -0.4 is 5.32 Å². The molecule has 0 aromatic heterocycles. The molecule has 2 saturated heterocycles. The number of piperazine rings is 1. The maximum atomic E-state index is 13.7. The lowest BCUT2D eigenvalue weighted by molar-refractivity contribution is -0.149. The van der Waals surface area contributed by atoms with Crippen LogP contribution in [0.4, 0.5) is 0 Å². The van der Waals surface area contributed by atoms with Gasteiger partial charge >= 0.3 is 0 Å². The van der Waals surface area contributed by atoms with Crippen LogP contribution in [-0.2, 0) is 44.2 Å². The second kappa shape index (κ2) is 10.2. The number of carbonyl (C=O) groups is 3. The first-order chi connectivity index (χ1) is 18.5. The van der Waals surface area contributed by atoms with E-state index in [0.717, 1.165) is 62.3 Å². The number of hydrogen-bond donors (Lipinski definition) is 1. The summed E-state index contributed by atoms with van der Waals surface area (Å²) >= 11 is 0. The van der Waals surface area contributed by atoms with E-state index in [9.17, 15) is 14.4 Å². The third kappa shape index (κ3) is 4.65. The molecule has 200 valence electrons. The lowest BCUT2D eigenvalue weighted by Crippen LogP contribution is -2.48. The minimum atomic E-state index is -1.62. The Bertz CT molecular complexity index is 1220. The average molecular weight is 517 g/mol. The summed E-state index contributed by atoms with van der Waals surface area (Å²) in [5.41, 5.74) is 2.08. The highest BCUT2D eigenvalue weighted by molar-refractivity contribution is 6.15. The molecule has 2 heterocycles. The number of nitrogens with one attached hydrogen (secondary N) is 1. The molecule has 8 nitrogen and oxygen atoms in total. The first-order valence-corrected chi connectivity index (χ1v) is 13.8. The second-order valence-corrected chi connectivity index (χ2v) is 11.2. The van der Waals surface area contributed by atoms with Gasteiger partial charge in [-0.2, -0.15) is 0 Å². The van der Waals surface area contributed by atoms with Crippen molar-refractivity contribution in [3.8, 4) is 0 Å². The first kappa shape index (κ1) is 25.2. The van der Waals surface area contributed by atoms with Gasteiger partial charge in [0, 0.05) is 57.3 Å². The van der Waals surface area contributed by atoms with Crippen molar-refractivity contribution in [2.75, 3.05) is 39.5 Å². The van der Waals surface area contributed by atoms with Gasteiger partial charge < -0.3 is 19.9 Å². The molecule has 38 heavy (non-hydrogen) atoms. The Morgan fingerprint density at radius 2 is 1.87 bits per heavy atom. The molecular formula is C30H36N4O4. The highest BCUT2D eigenvalue weighted by Gasteiger charge is 2.59. The van der Waals surface area contributed by atoms with Crippen LogP contribution in [0.2, 0.25) is 0 Å². The molecule has 2 unspecified atom stereocenters. The third-order valence-corrected chi connectivity index (χ3v) is 8.57. The van der Waals surface area contributed by atoms with Crippen molar-refractivity contribution >= 4 is 17.6 Å². The van der Waals surface area contributed by atoms with Crippen molar-refractivity contribution in [1.82, 2.24) is 20.0 Å². The van der Waals surface area contributed by atoms with Crippen LogP contribution >= 0.6 is 0 Å². The molecule has 0 radical (unpaired) electrons. The molecule has 2 aliphatic carbocycles. The molecule has 2 amide bonds. The third-order valence-electron chi connectivity index (χ3n) is 8.57. The number of benzene rings is 2. The molecule has 6 rings (SSSR count). The number of rotatable bonds is 8. The maximum absolute atomic E-state index is 13.7. The van der Waals surface area contributed by atoms with Gasteiger partial charge in [-0.25, -0.2) is 0 Å². The number of nitrogens with zero attached hydrogens (tertiary/aromatic N) is 3. The number of amides is 2. The van der Waals surface area contributed by atoms with Gasteiger partial charge in [0.15, 0.2) is 5.78 Å². The van der Waals surface area contributed by atoms with Crippen LogP contribution in [0.25, 0.3) is 0 Å². The van der Waals surface area contributed by atoms with E-state index in [1.54, 1.807) is 0 Å². The molecular weight excluding hydrogens is 480 g/mol. The van der Waals surface area contributed by atoms with Crippen molar-refractivity contribution in [1.29, 1.82) is 0 Å². The molecule has 0 bridgehead atoms. The van der Waals surface area contributed by atoms with Crippen LogP contribution in [-0.4, -0.2) is 77.8 Å². The van der Waals surface area contributed by atoms with E-state index in [4.69, 9.17) is 4.74 Å². The van der Waals surface area contributed by atoms with Gasteiger partial charge in [0.1, 0.15) is 13.3 Å². The molecule has 2 atom stereocenters. The quantitative estimate of drug-likeness (QED) is 0.541. The Kier molecular flexibility index (Phi) is 6.80. The minimum Gasteiger partial charge on any atom is -0.334 e. The van der Waals surface area contributed by atoms with E-state index in [2.05, 4.69) is 17.1 Å². The van der Waals surface area contributed by atoms with Gasteiger partial charge in [-0.05, 0) is 42.4 Å². The lowest BCUT2D eigenvalue weighted by Gasteiger charge is -2.31. The van der Waals surface area contributed by atoms with E-state index in [1.165, 1.54) is 4.90 Å². The lowest BCUT2D eigenvalue weighted by atomic mass is 9.93. The fourth-order valence-corrected chi connectivity index (χ4v) is 6.16. The number of carbonyl (C=O) groups excluding carboxylic acids is 3. The van der Waals surface area contributed by atoms with Crippen molar-refractivity contribution in [3.63, 3.8) is 0 Å². The van der Waals surface area contributed by atoms with E-state index in [0.29, 0.717) is 18.0 Å². The van der Waals surface area contributed by atoms with Crippen LogP contribution in [0.1, 0.15) is 42.0 Å². The summed E-state index contributed by atoms with van der Waals surface area (Å²) in [5, 5.41) is 3.36. The summed E-state index contributed by atoms with van der Waals surface area (Å²) in [4.78, 5) is 46.3. The van der Waals surface area contributed by atoms with Crippen LogP contribution in [0, 0.1) is 5.92 Å². The molecule has 2 aromatic rings. The summed E-state index contributed by atoms with van der Waals surface area (Å²) in [6.07, 6.45) is 2.42. The van der Waals surface area contributed by atoms with Crippen molar-refractivity contribution in [3.05, 3.63) is 70.8 Å². The topological polar surface area (TPSA) is 82.2 Å². The van der Waals surface area contributed by atoms with Crippen LogP contribution in [0.15, 0.2) is 48.5 Å². The fourth-order valence-electron chi connectivity index (χ4n) is 6.16. The molecule has 1 spiro atoms. The molecule has 1 N–H and O–H groups in total. The number of Topliss-reactive ketones (excluding diaryl/α,β-unsaturated/α-hetero) is 1. The number of ketones is 1. The summed E-state index contributed by atoms with van der Waals surface area (Å²) in [5.74, 6) is -0.264. The van der Waals surface area contributed by atoms with E-state index >= 15 is 0 Å². The van der Waals surface area contributed by atoms with E-state index < -0.39 is 11.5 Å². The second-order valence-electron chi connectivity index (χ2n) is 11.2. The van der Waals surface area contributed by atoms with Crippen molar-refractivity contribution < 1.29 is 19.1 Å². The average Bonchev–Trinajstić information content (AvgIpc) is 3.68. The Labute approximate surface area is 223 Å². The van der Waals surface area contributed by atoms with Crippen LogP contribution in [0.3, 0.4) is 0 Å². The largest absolute Gasteiger partial charge is 0.334 e. The molecule has 1 saturated carbocycles. The first-order valence-electron chi connectivity index (χ1n) is 13.8. The minimum absolute atomic E-state index is 0.0602. The highest BCUT2D eigenvalue weighted by Crippen LogP contribution is 2.43. The van der Waals surface area contributed by atoms with Gasteiger partial charge in [-0.1, -0.05) is 48.5 Å². The van der Waals surface area contributed by atoms with Gasteiger partial charge in [-0.15, -0.1) is 0 Å². The number of ether oxygens (including phenoxy) is 1. The number of fused-ring (bicyclic) bond motifs is 2. The van der Waals surface area contributed by atoms with E-state index in [-0.39, 0.29) is 37.4 Å². The Morgan fingerprint density at radius 3 is 2.61 bits per heavy atom. The van der Waals surface area contributed by atoms with E-state index in [1.807, 2.05) is 53.4 Å². The monoisotopic (exact) mass is 516 g/mol. The molecule has 3 fully saturated rings. The zero-order chi connectivity index (χ0) is 26.3. The smallest absolute Gasteiger partial charge is 0.269 e. The molecule has 2 aromatic carbocycles. The normalized spacial score (nSPS) is 24.2. The molecule has 8 heteroatoms. The summed E-state index contributed by atoms with van der Waals surface area (Å²) in [6.45, 7) is 7.21. The molecule has 2 aliphatic heterocycles. The standard InChI is InChI=1S/C30H36N4O4/c1-21(24-8-9-24)34(18-22-5-3-2-4-6-22)28(36)19-33-20-38-30(29(33)37)26-10-7-23(15-25(26)16-27(30)35)17-32-13-11-31-12-14-32/h2-7,10,15,21,24,31H,8-9,11-14,16-20H2,1H3. The Hall–Kier alpha value is -3.07. The van der Waals surface area contributed by atoms with Crippen molar-refractivity contribution in [2.45, 2.75) is 50.9 Å².